The standard InChI is InChI=1S/C14H21BrN2/c1-17(11-12-6-3-2-4-7-12)14-13(10-15)8-5-9-16-14/h5,8-9,12H,2-4,6-7,10-11H2,1H3. The second-order valence-corrected chi connectivity index (χ2v) is 5.57. The van der Waals surface area contributed by atoms with Gasteiger partial charge in [-0.25, -0.2) is 4.98 Å². The molecule has 2 nitrogen and oxygen atoms in total. The first-order valence-electron chi connectivity index (χ1n) is 6.52. The molecule has 1 fully saturated rings. The Hall–Kier alpha value is -0.570. The number of pyridine rings is 1. The van der Waals surface area contributed by atoms with Gasteiger partial charge in [0.05, 0.1) is 0 Å². The third-order valence-corrected chi connectivity index (χ3v) is 4.23. The highest BCUT2D eigenvalue weighted by molar-refractivity contribution is 9.08. The van der Waals surface area contributed by atoms with Crippen LogP contribution in [0.1, 0.15) is 37.7 Å². The van der Waals surface area contributed by atoms with Crippen molar-refractivity contribution in [3.8, 4) is 0 Å². The predicted molar refractivity (Wildman–Crippen MR) is 76.7 cm³/mol. The molecule has 17 heavy (non-hydrogen) atoms. The largest absolute Gasteiger partial charge is 0.359 e. The van der Waals surface area contributed by atoms with Gasteiger partial charge in [0.1, 0.15) is 5.82 Å². The Kier molecular flexibility index (Phi) is 4.84. The first-order chi connectivity index (χ1) is 8.31. The van der Waals surface area contributed by atoms with E-state index in [9.17, 15) is 0 Å². The molecule has 1 aliphatic carbocycles. The average Bonchev–Trinajstić information content (AvgIpc) is 2.40. The van der Waals surface area contributed by atoms with E-state index in [1.54, 1.807) is 0 Å². The van der Waals surface area contributed by atoms with Crippen LogP contribution in [0.2, 0.25) is 0 Å². The Bertz CT molecular complexity index is 348. The quantitative estimate of drug-likeness (QED) is 0.781. The summed E-state index contributed by atoms with van der Waals surface area (Å²) in [7, 11) is 2.17. The smallest absolute Gasteiger partial charge is 0.132 e. The molecule has 0 saturated heterocycles. The summed E-state index contributed by atoms with van der Waals surface area (Å²) in [5.41, 5.74) is 1.28. The number of anilines is 1. The summed E-state index contributed by atoms with van der Waals surface area (Å²) in [6, 6.07) is 4.16. The molecule has 0 unspecified atom stereocenters. The summed E-state index contributed by atoms with van der Waals surface area (Å²) >= 11 is 3.54. The molecule has 1 saturated carbocycles. The maximum absolute atomic E-state index is 4.51. The SMILES string of the molecule is CN(CC1CCCCC1)c1ncccc1CBr. The Morgan fingerprint density at radius 1 is 1.35 bits per heavy atom. The number of nitrogens with zero attached hydrogens (tertiary/aromatic N) is 2. The number of hydrogen-bond donors (Lipinski definition) is 0. The van der Waals surface area contributed by atoms with Crippen molar-refractivity contribution in [2.75, 3.05) is 18.5 Å². The first-order valence-corrected chi connectivity index (χ1v) is 7.64. The van der Waals surface area contributed by atoms with E-state index in [1.807, 2.05) is 12.3 Å². The van der Waals surface area contributed by atoms with E-state index in [2.05, 4.69) is 38.9 Å². The number of hydrogen-bond acceptors (Lipinski definition) is 2. The Balaban J connectivity index is 2.00. The van der Waals surface area contributed by atoms with E-state index < -0.39 is 0 Å². The normalized spacial score (nSPS) is 17.1. The van der Waals surface area contributed by atoms with Gasteiger partial charge in [-0.1, -0.05) is 41.3 Å². The summed E-state index contributed by atoms with van der Waals surface area (Å²) in [4.78, 5) is 6.84. The molecule has 1 heterocycles. The topological polar surface area (TPSA) is 16.1 Å². The van der Waals surface area contributed by atoms with Gasteiger partial charge >= 0.3 is 0 Å². The van der Waals surface area contributed by atoms with Crippen molar-refractivity contribution in [3.63, 3.8) is 0 Å². The minimum Gasteiger partial charge on any atom is -0.359 e. The van der Waals surface area contributed by atoms with Gasteiger partial charge in [-0.2, -0.15) is 0 Å². The van der Waals surface area contributed by atoms with Gasteiger partial charge in [-0.3, -0.25) is 0 Å². The fourth-order valence-corrected chi connectivity index (χ4v) is 3.16. The molecule has 0 bridgehead atoms. The lowest BCUT2D eigenvalue weighted by molar-refractivity contribution is 0.361. The molecule has 0 N–H and O–H groups in total. The van der Waals surface area contributed by atoms with Crippen LogP contribution in [-0.4, -0.2) is 18.6 Å². The molecule has 1 aliphatic rings. The van der Waals surface area contributed by atoms with E-state index in [4.69, 9.17) is 0 Å². The Morgan fingerprint density at radius 3 is 2.82 bits per heavy atom. The summed E-state index contributed by atoms with van der Waals surface area (Å²) < 4.78 is 0. The third-order valence-electron chi connectivity index (χ3n) is 3.63. The summed E-state index contributed by atoms with van der Waals surface area (Å²) in [6.45, 7) is 1.15. The van der Waals surface area contributed by atoms with E-state index in [0.29, 0.717) is 0 Å². The lowest BCUT2D eigenvalue weighted by Crippen LogP contribution is -2.28. The van der Waals surface area contributed by atoms with Gasteiger partial charge in [0.25, 0.3) is 0 Å². The number of rotatable bonds is 4. The molecule has 0 aliphatic heterocycles. The Morgan fingerprint density at radius 2 is 2.12 bits per heavy atom. The minimum atomic E-state index is 0.860. The molecule has 1 aromatic heterocycles. The van der Waals surface area contributed by atoms with Crippen molar-refractivity contribution in [1.82, 2.24) is 4.98 Å². The summed E-state index contributed by atoms with van der Waals surface area (Å²) in [5, 5.41) is 0.880. The monoisotopic (exact) mass is 296 g/mol. The van der Waals surface area contributed by atoms with E-state index in [0.717, 1.165) is 23.6 Å². The number of halogens is 1. The van der Waals surface area contributed by atoms with Crippen molar-refractivity contribution < 1.29 is 0 Å². The highest BCUT2D eigenvalue weighted by Crippen LogP contribution is 2.26. The molecule has 0 radical (unpaired) electrons. The highest BCUT2D eigenvalue weighted by atomic mass is 79.9. The zero-order valence-corrected chi connectivity index (χ0v) is 12.1. The zero-order chi connectivity index (χ0) is 12.1. The van der Waals surface area contributed by atoms with Crippen LogP contribution in [-0.2, 0) is 5.33 Å². The fraction of sp³-hybridized carbons (Fsp3) is 0.643. The lowest BCUT2D eigenvalue weighted by atomic mass is 9.89. The molecule has 1 aromatic rings. The van der Waals surface area contributed by atoms with Crippen molar-refractivity contribution in [1.29, 1.82) is 0 Å². The van der Waals surface area contributed by atoms with Crippen molar-refractivity contribution in [2.45, 2.75) is 37.4 Å². The van der Waals surface area contributed by atoms with Gasteiger partial charge in [-0.05, 0) is 24.8 Å². The van der Waals surface area contributed by atoms with E-state index in [-0.39, 0.29) is 0 Å². The first kappa shape index (κ1) is 12.9. The molecule has 0 spiro atoms. The predicted octanol–water partition coefficient (Wildman–Crippen LogP) is 3.99. The fourth-order valence-electron chi connectivity index (χ4n) is 2.72. The van der Waals surface area contributed by atoms with Crippen LogP contribution in [0.4, 0.5) is 5.82 Å². The summed E-state index contributed by atoms with van der Waals surface area (Å²) in [5.74, 6) is 1.99. The van der Waals surface area contributed by atoms with Gasteiger partial charge in [0.15, 0.2) is 0 Å². The molecule has 0 atom stereocenters. The molecule has 94 valence electrons. The van der Waals surface area contributed by atoms with Crippen molar-refractivity contribution in [3.05, 3.63) is 23.9 Å². The second-order valence-electron chi connectivity index (χ2n) is 5.00. The van der Waals surface area contributed by atoms with Crippen LogP contribution in [0, 0.1) is 5.92 Å². The van der Waals surface area contributed by atoms with E-state index >= 15 is 0 Å². The van der Waals surface area contributed by atoms with Gasteiger partial charge in [0, 0.05) is 30.7 Å². The zero-order valence-electron chi connectivity index (χ0n) is 10.5. The van der Waals surface area contributed by atoms with Crippen molar-refractivity contribution in [2.24, 2.45) is 5.92 Å². The molecular weight excluding hydrogens is 276 g/mol. The minimum absolute atomic E-state index is 0.860. The molecular formula is C14H21BrN2. The molecule has 2 rings (SSSR count). The average molecular weight is 297 g/mol. The Labute approximate surface area is 113 Å². The van der Waals surface area contributed by atoms with Gasteiger partial charge in [-0.15, -0.1) is 0 Å². The number of alkyl halides is 1. The van der Waals surface area contributed by atoms with Crippen LogP contribution in [0.25, 0.3) is 0 Å². The second kappa shape index (κ2) is 6.39. The highest BCUT2D eigenvalue weighted by Gasteiger charge is 2.17. The molecule has 3 heteroatoms. The molecule has 0 aromatic carbocycles. The van der Waals surface area contributed by atoms with Crippen LogP contribution >= 0.6 is 15.9 Å². The molecule has 0 amide bonds. The van der Waals surface area contributed by atoms with Crippen LogP contribution in [0.5, 0.6) is 0 Å². The van der Waals surface area contributed by atoms with Crippen LogP contribution < -0.4 is 4.90 Å². The van der Waals surface area contributed by atoms with Gasteiger partial charge in [0.2, 0.25) is 0 Å². The van der Waals surface area contributed by atoms with E-state index in [1.165, 1.54) is 37.7 Å². The van der Waals surface area contributed by atoms with Crippen molar-refractivity contribution >= 4 is 21.7 Å². The maximum Gasteiger partial charge on any atom is 0.132 e. The summed E-state index contributed by atoms with van der Waals surface area (Å²) in [6.07, 6.45) is 8.91. The lowest BCUT2D eigenvalue weighted by Gasteiger charge is -2.28. The van der Waals surface area contributed by atoms with Gasteiger partial charge < -0.3 is 4.90 Å². The van der Waals surface area contributed by atoms with Crippen LogP contribution in [0.3, 0.4) is 0 Å². The third kappa shape index (κ3) is 3.44. The maximum atomic E-state index is 4.51. The van der Waals surface area contributed by atoms with Crippen LogP contribution in [0.15, 0.2) is 18.3 Å². The number of aromatic nitrogens is 1.